The van der Waals surface area contributed by atoms with Crippen LogP contribution in [0.15, 0.2) is 9.09 Å². The van der Waals surface area contributed by atoms with Crippen molar-refractivity contribution < 1.29 is 0 Å². The lowest BCUT2D eigenvalue weighted by Crippen LogP contribution is -1.88. The van der Waals surface area contributed by atoms with Crippen LogP contribution in [0.1, 0.15) is 6.92 Å². The molecule has 0 aliphatic carbocycles. The summed E-state index contributed by atoms with van der Waals surface area (Å²) in [6.07, 6.45) is 0. The standard InChI is InChI=1S/C3H5Br2N/c1-2(6)3(4)5/h6H2,1H3. The molecule has 0 bridgehead atoms. The molecule has 0 unspecified atom stereocenters. The highest BCUT2D eigenvalue weighted by Crippen LogP contribution is 2.14. The molecule has 0 heterocycles. The topological polar surface area (TPSA) is 26.0 Å². The average molecular weight is 215 g/mol. The predicted molar refractivity (Wildman–Crippen MR) is 34.7 cm³/mol. The summed E-state index contributed by atoms with van der Waals surface area (Å²) in [5, 5.41) is 0. The van der Waals surface area contributed by atoms with E-state index in [4.69, 9.17) is 5.73 Å². The molecule has 6 heavy (non-hydrogen) atoms. The van der Waals surface area contributed by atoms with Crippen molar-refractivity contribution in [3.8, 4) is 0 Å². The molecular formula is C3H5Br2N. The summed E-state index contributed by atoms with van der Waals surface area (Å²) in [7, 11) is 0. The normalized spacial score (nSPS) is 7.83. The molecule has 0 saturated heterocycles. The number of rotatable bonds is 0. The van der Waals surface area contributed by atoms with Gasteiger partial charge in [0.1, 0.15) is 0 Å². The summed E-state index contributed by atoms with van der Waals surface area (Å²) in [5.74, 6) is 0. The summed E-state index contributed by atoms with van der Waals surface area (Å²) in [6, 6.07) is 0. The van der Waals surface area contributed by atoms with Crippen molar-refractivity contribution in [3.63, 3.8) is 0 Å². The molecule has 0 amide bonds. The van der Waals surface area contributed by atoms with Crippen LogP contribution in [0, 0.1) is 0 Å². The third-order valence-electron chi connectivity index (χ3n) is 0.298. The van der Waals surface area contributed by atoms with Gasteiger partial charge in [0.15, 0.2) is 0 Å². The molecule has 0 radical (unpaired) electrons. The van der Waals surface area contributed by atoms with Crippen LogP contribution in [0.3, 0.4) is 0 Å². The molecule has 0 aromatic carbocycles. The van der Waals surface area contributed by atoms with E-state index in [0.29, 0.717) is 0 Å². The number of halogens is 2. The van der Waals surface area contributed by atoms with E-state index >= 15 is 0 Å². The molecule has 0 saturated carbocycles. The van der Waals surface area contributed by atoms with Gasteiger partial charge in [-0.15, -0.1) is 0 Å². The van der Waals surface area contributed by atoms with Crippen molar-refractivity contribution in [2.24, 2.45) is 5.73 Å². The SMILES string of the molecule is CC(N)=C(Br)Br. The fourth-order valence-corrected chi connectivity index (χ4v) is 0. The Balaban J connectivity index is 3.68. The molecule has 0 aromatic rings. The highest BCUT2D eigenvalue weighted by molar-refractivity contribution is 9.28. The highest BCUT2D eigenvalue weighted by Gasteiger charge is 1.81. The molecule has 0 rings (SSSR count). The third-order valence-corrected chi connectivity index (χ3v) is 1.55. The van der Waals surface area contributed by atoms with Crippen LogP contribution in [0.4, 0.5) is 0 Å². The Hall–Kier alpha value is 0.500. The Bertz CT molecular complexity index is 58.9. The van der Waals surface area contributed by atoms with Crippen molar-refractivity contribution in [1.82, 2.24) is 0 Å². The van der Waals surface area contributed by atoms with Crippen molar-refractivity contribution in [3.05, 3.63) is 9.09 Å². The monoisotopic (exact) mass is 213 g/mol. The first-order chi connectivity index (χ1) is 2.64. The van der Waals surface area contributed by atoms with E-state index in [1.807, 2.05) is 0 Å². The first kappa shape index (κ1) is 6.50. The lowest BCUT2D eigenvalue weighted by Gasteiger charge is -1.84. The molecule has 0 fully saturated rings. The largest absolute Gasteiger partial charge is 0.401 e. The Morgan fingerprint density at radius 1 is 1.50 bits per heavy atom. The van der Waals surface area contributed by atoms with Gasteiger partial charge < -0.3 is 5.73 Å². The van der Waals surface area contributed by atoms with Crippen LogP contribution in [0.5, 0.6) is 0 Å². The molecule has 0 aliphatic heterocycles. The third kappa shape index (κ3) is 2.72. The number of hydrogen-bond donors (Lipinski definition) is 1. The molecule has 0 aliphatic rings. The second-order valence-electron chi connectivity index (χ2n) is 0.943. The van der Waals surface area contributed by atoms with Gasteiger partial charge in [0.05, 0.1) is 3.39 Å². The maximum absolute atomic E-state index is 5.22. The second-order valence-corrected chi connectivity index (χ2v) is 3.59. The zero-order chi connectivity index (χ0) is 5.15. The fraction of sp³-hybridized carbons (Fsp3) is 0.333. The molecule has 3 heteroatoms. The van der Waals surface area contributed by atoms with Crippen LogP contribution in [-0.2, 0) is 0 Å². The van der Waals surface area contributed by atoms with E-state index in [9.17, 15) is 0 Å². The quantitative estimate of drug-likeness (QED) is 0.656. The van der Waals surface area contributed by atoms with Gasteiger partial charge in [-0.05, 0) is 38.8 Å². The molecule has 0 aromatic heterocycles. The summed E-state index contributed by atoms with van der Waals surface area (Å²) < 4.78 is 0.829. The minimum atomic E-state index is 0.759. The first-order valence-corrected chi connectivity index (χ1v) is 3.00. The van der Waals surface area contributed by atoms with E-state index in [1.54, 1.807) is 6.92 Å². The van der Waals surface area contributed by atoms with Gasteiger partial charge in [-0.3, -0.25) is 0 Å². The summed E-state index contributed by atoms with van der Waals surface area (Å²) in [4.78, 5) is 0. The Morgan fingerprint density at radius 2 is 1.67 bits per heavy atom. The number of allylic oxidation sites excluding steroid dienone is 1. The Labute approximate surface area is 53.9 Å². The van der Waals surface area contributed by atoms with Crippen molar-refractivity contribution in [2.45, 2.75) is 6.92 Å². The zero-order valence-electron chi connectivity index (χ0n) is 3.33. The smallest absolute Gasteiger partial charge is 0.0788 e. The van der Waals surface area contributed by atoms with Crippen molar-refractivity contribution in [1.29, 1.82) is 0 Å². The minimum absolute atomic E-state index is 0.759. The van der Waals surface area contributed by atoms with E-state index in [2.05, 4.69) is 31.9 Å². The van der Waals surface area contributed by atoms with Gasteiger partial charge in [-0.1, -0.05) is 0 Å². The van der Waals surface area contributed by atoms with Gasteiger partial charge in [-0.25, -0.2) is 0 Å². The maximum atomic E-state index is 5.22. The van der Waals surface area contributed by atoms with Crippen LogP contribution < -0.4 is 5.73 Å². The van der Waals surface area contributed by atoms with Crippen molar-refractivity contribution >= 4 is 31.9 Å². The Kier molecular flexibility index (Phi) is 2.86. The second kappa shape index (κ2) is 2.64. The van der Waals surface area contributed by atoms with Crippen LogP contribution >= 0.6 is 31.9 Å². The summed E-state index contributed by atoms with van der Waals surface area (Å²) in [6.45, 7) is 1.80. The van der Waals surface area contributed by atoms with E-state index in [-0.39, 0.29) is 0 Å². The minimum Gasteiger partial charge on any atom is -0.401 e. The van der Waals surface area contributed by atoms with Crippen LogP contribution in [-0.4, -0.2) is 0 Å². The first-order valence-electron chi connectivity index (χ1n) is 1.42. The van der Waals surface area contributed by atoms with E-state index in [0.717, 1.165) is 9.09 Å². The molecule has 0 spiro atoms. The number of nitrogens with two attached hydrogens (primary N) is 1. The lowest BCUT2D eigenvalue weighted by molar-refractivity contribution is 1.33. The summed E-state index contributed by atoms with van der Waals surface area (Å²) >= 11 is 6.22. The van der Waals surface area contributed by atoms with Crippen LogP contribution in [0.25, 0.3) is 0 Å². The van der Waals surface area contributed by atoms with E-state index < -0.39 is 0 Å². The fourth-order valence-electron chi connectivity index (χ4n) is 0. The Morgan fingerprint density at radius 3 is 1.67 bits per heavy atom. The molecule has 0 atom stereocenters. The number of hydrogen-bond acceptors (Lipinski definition) is 1. The van der Waals surface area contributed by atoms with Crippen LogP contribution in [0.2, 0.25) is 0 Å². The predicted octanol–water partition coefficient (Wildman–Crippen LogP) is 1.92. The van der Waals surface area contributed by atoms with Gasteiger partial charge in [0.2, 0.25) is 0 Å². The zero-order valence-corrected chi connectivity index (χ0v) is 6.51. The molecule has 1 nitrogen and oxygen atoms in total. The average Bonchev–Trinajstić information content (AvgIpc) is 1.36. The maximum Gasteiger partial charge on any atom is 0.0788 e. The highest BCUT2D eigenvalue weighted by atomic mass is 79.9. The van der Waals surface area contributed by atoms with Gasteiger partial charge in [0.25, 0.3) is 0 Å². The van der Waals surface area contributed by atoms with E-state index in [1.165, 1.54) is 0 Å². The van der Waals surface area contributed by atoms with Gasteiger partial charge in [-0.2, -0.15) is 0 Å². The van der Waals surface area contributed by atoms with Gasteiger partial charge >= 0.3 is 0 Å². The molecule has 2 N–H and O–H groups in total. The molecular weight excluding hydrogens is 210 g/mol. The summed E-state index contributed by atoms with van der Waals surface area (Å²) in [5.41, 5.74) is 5.98. The van der Waals surface area contributed by atoms with Crippen molar-refractivity contribution in [2.75, 3.05) is 0 Å². The lowest BCUT2D eigenvalue weighted by atomic mass is 10.6. The molecule has 36 valence electrons. The van der Waals surface area contributed by atoms with Gasteiger partial charge in [0, 0.05) is 5.70 Å².